The fourth-order valence-electron chi connectivity index (χ4n) is 2.57. The van der Waals surface area contributed by atoms with Gasteiger partial charge in [-0.05, 0) is 35.9 Å². The Morgan fingerprint density at radius 2 is 1.96 bits per heavy atom. The largest absolute Gasteiger partial charge is 0.456 e. The van der Waals surface area contributed by atoms with E-state index in [-0.39, 0.29) is 27.7 Å². The van der Waals surface area contributed by atoms with Crippen LogP contribution in [0.15, 0.2) is 45.7 Å². The molecule has 1 aliphatic heterocycles. The second-order valence-electron chi connectivity index (χ2n) is 6.16. The van der Waals surface area contributed by atoms with Crippen LogP contribution in [0.5, 0.6) is 0 Å². The highest BCUT2D eigenvalue weighted by atomic mass is 32.2. The quantitative estimate of drug-likeness (QED) is 0.434. The van der Waals surface area contributed by atoms with Crippen molar-refractivity contribution < 1.29 is 18.9 Å². The van der Waals surface area contributed by atoms with Crippen LogP contribution in [0.4, 0.5) is 10.5 Å². The summed E-state index contributed by atoms with van der Waals surface area (Å²) < 4.78 is 5.65. The lowest BCUT2D eigenvalue weighted by Gasteiger charge is -2.14. The topological polar surface area (TPSA) is 93.7 Å². The molecule has 0 spiro atoms. The summed E-state index contributed by atoms with van der Waals surface area (Å²) in [5, 5.41) is 10.8. The highest BCUT2D eigenvalue weighted by Gasteiger charge is 2.35. The summed E-state index contributed by atoms with van der Waals surface area (Å²) in [6.07, 6.45) is 1.49. The van der Waals surface area contributed by atoms with Crippen LogP contribution in [0.2, 0.25) is 0 Å². The number of nitro groups is 1. The Labute approximate surface area is 153 Å². The normalized spacial score (nSPS) is 16.1. The molecule has 1 saturated heterocycles. The molecule has 0 bridgehead atoms. The zero-order valence-corrected chi connectivity index (χ0v) is 15.0. The summed E-state index contributed by atoms with van der Waals surface area (Å²) in [6.45, 7) is 4.22. The molecule has 0 radical (unpaired) electrons. The lowest BCUT2D eigenvalue weighted by Crippen LogP contribution is -2.31. The van der Waals surface area contributed by atoms with Crippen molar-refractivity contribution in [2.24, 2.45) is 5.92 Å². The summed E-state index contributed by atoms with van der Waals surface area (Å²) in [4.78, 5) is 36.5. The van der Waals surface area contributed by atoms with E-state index in [4.69, 9.17) is 4.42 Å². The number of carbonyl (C=O) groups is 2. The molecule has 134 valence electrons. The first-order valence-corrected chi connectivity index (χ1v) is 8.77. The van der Waals surface area contributed by atoms with Crippen molar-refractivity contribution >= 4 is 34.7 Å². The van der Waals surface area contributed by atoms with Gasteiger partial charge in [-0.15, -0.1) is 0 Å². The van der Waals surface area contributed by atoms with Crippen LogP contribution in [0.25, 0.3) is 17.4 Å². The van der Waals surface area contributed by atoms with Crippen LogP contribution < -0.4 is 0 Å². The number of rotatable bonds is 5. The number of benzene rings is 1. The summed E-state index contributed by atoms with van der Waals surface area (Å²) in [5.41, 5.74) is 0.288. The first-order valence-electron chi connectivity index (χ1n) is 7.96. The van der Waals surface area contributed by atoms with Crippen molar-refractivity contribution in [1.82, 2.24) is 4.90 Å². The van der Waals surface area contributed by atoms with Gasteiger partial charge >= 0.3 is 0 Å². The van der Waals surface area contributed by atoms with E-state index in [1.54, 1.807) is 30.3 Å². The second-order valence-corrected chi connectivity index (χ2v) is 7.16. The molecule has 0 unspecified atom stereocenters. The molecule has 26 heavy (non-hydrogen) atoms. The van der Waals surface area contributed by atoms with Crippen molar-refractivity contribution in [1.29, 1.82) is 0 Å². The number of nitro benzene ring substituents is 1. The molecule has 0 atom stereocenters. The van der Waals surface area contributed by atoms with Gasteiger partial charge in [0.25, 0.3) is 16.8 Å². The van der Waals surface area contributed by atoms with E-state index < -0.39 is 4.92 Å². The van der Waals surface area contributed by atoms with Crippen molar-refractivity contribution in [3.05, 3.63) is 57.2 Å². The molecule has 3 rings (SSSR count). The molecule has 2 amide bonds. The maximum Gasteiger partial charge on any atom is 0.293 e. The number of imide groups is 1. The molecule has 1 aromatic carbocycles. The molecule has 0 saturated carbocycles. The Morgan fingerprint density at radius 1 is 1.23 bits per heavy atom. The van der Waals surface area contributed by atoms with Gasteiger partial charge in [-0.25, -0.2) is 0 Å². The first-order chi connectivity index (χ1) is 12.4. The molecule has 0 aliphatic carbocycles. The average molecular weight is 372 g/mol. The Kier molecular flexibility index (Phi) is 4.94. The lowest BCUT2D eigenvalue weighted by molar-refractivity contribution is -0.384. The lowest BCUT2D eigenvalue weighted by atomic mass is 10.1. The van der Waals surface area contributed by atoms with Crippen molar-refractivity contribution in [3.63, 3.8) is 0 Å². The average Bonchev–Trinajstić information content (AvgIpc) is 3.15. The van der Waals surface area contributed by atoms with Crippen LogP contribution in [0, 0.1) is 16.0 Å². The third-order valence-electron chi connectivity index (χ3n) is 3.69. The van der Waals surface area contributed by atoms with Gasteiger partial charge < -0.3 is 4.42 Å². The molecule has 2 aromatic rings. The third-order valence-corrected chi connectivity index (χ3v) is 4.60. The van der Waals surface area contributed by atoms with Crippen molar-refractivity contribution in [2.75, 3.05) is 6.54 Å². The summed E-state index contributed by atoms with van der Waals surface area (Å²) in [6, 6.07) is 9.47. The fraction of sp³-hybridized carbons (Fsp3) is 0.222. The Morgan fingerprint density at radius 3 is 2.65 bits per heavy atom. The second kappa shape index (κ2) is 7.17. The Balaban J connectivity index is 1.88. The first kappa shape index (κ1) is 17.9. The van der Waals surface area contributed by atoms with Gasteiger partial charge in [-0.1, -0.05) is 26.0 Å². The van der Waals surface area contributed by atoms with Crippen LogP contribution in [-0.4, -0.2) is 27.5 Å². The predicted octanol–water partition coefficient (Wildman–Crippen LogP) is 4.55. The number of furan rings is 1. The monoisotopic (exact) mass is 372 g/mol. The maximum absolute atomic E-state index is 12.4. The van der Waals surface area contributed by atoms with Gasteiger partial charge in [0.05, 0.1) is 15.4 Å². The molecular formula is C18H16N2O5S. The number of hydrogen-bond acceptors (Lipinski definition) is 6. The molecule has 1 aliphatic rings. The SMILES string of the molecule is CC(C)CN1C(=O)S/C(=C\c2ccc(-c3ccccc3[N+](=O)[O-])o2)C1=O. The number of nitrogens with zero attached hydrogens (tertiary/aromatic N) is 2. The van der Waals surface area contributed by atoms with Gasteiger partial charge in [0.2, 0.25) is 0 Å². The molecule has 2 heterocycles. The number of hydrogen-bond donors (Lipinski definition) is 0. The van der Waals surface area contributed by atoms with E-state index in [1.807, 2.05) is 13.8 Å². The standard InChI is InChI=1S/C18H16N2O5S/c1-11(2)10-19-17(21)16(26-18(19)22)9-12-7-8-15(25-12)13-5-3-4-6-14(13)20(23)24/h3-9,11H,10H2,1-2H3/b16-9-. The smallest absolute Gasteiger partial charge is 0.293 e. The van der Waals surface area contributed by atoms with Crippen LogP contribution in [0.1, 0.15) is 19.6 Å². The van der Waals surface area contributed by atoms with E-state index in [1.165, 1.54) is 17.0 Å². The molecule has 7 nitrogen and oxygen atoms in total. The summed E-state index contributed by atoms with van der Waals surface area (Å²) >= 11 is 0.862. The summed E-state index contributed by atoms with van der Waals surface area (Å²) in [7, 11) is 0. The fourth-order valence-corrected chi connectivity index (χ4v) is 3.40. The highest BCUT2D eigenvalue weighted by Crippen LogP contribution is 2.35. The minimum absolute atomic E-state index is 0.0642. The number of carbonyl (C=O) groups excluding carboxylic acids is 2. The van der Waals surface area contributed by atoms with E-state index in [2.05, 4.69) is 0 Å². The number of amides is 2. The molecule has 1 fully saturated rings. The predicted molar refractivity (Wildman–Crippen MR) is 98.3 cm³/mol. The minimum atomic E-state index is -0.477. The summed E-state index contributed by atoms with van der Waals surface area (Å²) in [5.74, 6) is 0.507. The van der Waals surface area contributed by atoms with E-state index in [0.29, 0.717) is 23.6 Å². The van der Waals surface area contributed by atoms with E-state index >= 15 is 0 Å². The third kappa shape index (κ3) is 3.55. The van der Waals surface area contributed by atoms with E-state index in [0.717, 1.165) is 11.8 Å². The molecule has 0 N–H and O–H groups in total. The number of para-hydroxylation sites is 1. The number of thioether (sulfide) groups is 1. The highest BCUT2D eigenvalue weighted by molar-refractivity contribution is 8.18. The minimum Gasteiger partial charge on any atom is -0.456 e. The Bertz CT molecular complexity index is 916. The molecule has 8 heteroatoms. The van der Waals surface area contributed by atoms with E-state index in [9.17, 15) is 19.7 Å². The van der Waals surface area contributed by atoms with Crippen LogP contribution in [-0.2, 0) is 4.79 Å². The van der Waals surface area contributed by atoms with Gasteiger partial charge in [-0.2, -0.15) is 0 Å². The van der Waals surface area contributed by atoms with Gasteiger partial charge in [0.1, 0.15) is 11.5 Å². The molecule has 1 aromatic heterocycles. The molecular weight excluding hydrogens is 356 g/mol. The zero-order chi connectivity index (χ0) is 18.8. The van der Waals surface area contributed by atoms with Gasteiger partial charge in [0, 0.05) is 18.7 Å². The van der Waals surface area contributed by atoms with Gasteiger partial charge in [0.15, 0.2) is 0 Å². The van der Waals surface area contributed by atoms with Gasteiger partial charge in [-0.3, -0.25) is 24.6 Å². The van der Waals surface area contributed by atoms with Crippen molar-refractivity contribution in [2.45, 2.75) is 13.8 Å². The van der Waals surface area contributed by atoms with Crippen molar-refractivity contribution in [3.8, 4) is 11.3 Å². The van der Waals surface area contributed by atoms with Crippen LogP contribution >= 0.6 is 11.8 Å². The Hall–Kier alpha value is -2.87. The maximum atomic E-state index is 12.4. The van der Waals surface area contributed by atoms with Crippen LogP contribution in [0.3, 0.4) is 0 Å². The zero-order valence-electron chi connectivity index (χ0n) is 14.2.